The van der Waals surface area contributed by atoms with Crippen LogP contribution in [-0.4, -0.2) is 54.8 Å². The Balaban J connectivity index is 1.70. The van der Waals surface area contributed by atoms with E-state index in [4.69, 9.17) is 5.73 Å². The maximum Gasteiger partial charge on any atom is 0.236 e. The van der Waals surface area contributed by atoms with Gasteiger partial charge in [0.2, 0.25) is 11.8 Å². The van der Waals surface area contributed by atoms with Crippen molar-refractivity contribution in [3.8, 4) is 0 Å². The smallest absolute Gasteiger partial charge is 0.236 e. The summed E-state index contributed by atoms with van der Waals surface area (Å²) in [4.78, 5) is 27.3. The van der Waals surface area contributed by atoms with Crippen molar-refractivity contribution < 1.29 is 9.59 Å². The molecule has 1 aliphatic rings. The molecule has 0 spiro atoms. The number of piperazine rings is 1. The molecule has 1 aliphatic heterocycles. The van der Waals surface area contributed by atoms with Crippen LogP contribution in [0.5, 0.6) is 0 Å². The fourth-order valence-electron chi connectivity index (χ4n) is 2.28. The number of anilines is 2. The van der Waals surface area contributed by atoms with E-state index in [2.05, 4.69) is 10.2 Å². The van der Waals surface area contributed by atoms with E-state index in [-0.39, 0.29) is 11.8 Å². The summed E-state index contributed by atoms with van der Waals surface area (Å²) in [6.07, 6.45) is 1.16. The monoisotopic (exact) mass is 290 g/mol. The Labute approximate surface area is 124 Å². The molecule has 1 heterocycles. The van der Waals surface area contributed by atoms with Crippen LogP contribution in [0.1, 0.15) is 12.8 Å². The molecule has 0 saturated carbocycles. The predicted molar refractivity (Wildman–Crippen MR) is 82.8 cm³/mol. The van der Waals surface area contributed by atoms with Gasteiger partial charge < -0.3 is 16.0 Å². The summed E-state index contributed by atoms with van der Waals surface area (Å²) in [6.45, 7) is 2.84. The number of benzene rings is 1. The van der Waals surface area contributed by atoms with E-state index in [0.29, 0.717) is 24.3 Å². The summed E-state index contributed by atoms with van der Waals surface area (Å²) < 4.78 is 0. The zero-order valence-electron chi connectivity index (χ0n) is 12.3. The number of nitrogen functional groups attached to an aromatic ring is 1. The van der Waals surface area contributed by atoms with Crippen LogP contribution in [0.3, 0.4) is 0 Å². The number of likely N-dealkylation sites (N-methyl/N-ethyl adjacent to an activating group) is 1. The second-order valence-electron chi connectivity index (χ2n) is 5.33. The third kappa shape index (κ3) is 4.46. The van der Waals surface area contributed by atoms with Crippen molar-refractivity contribution in [1.82, 2.24) is 9.80 Å². The van der Waals surface area contributed by atoms with Gasteiger partial charge in [0.15, 0.2) is 0 Å². The van der Waals surface area contributed by atoms with Crippen LogP contribution in [0, 0.1) is 0 Å². The number of amides is 2. The van der Waals surface area contributed by atoms with Gasteiger partial charge in [-0.05, 0) is 25.1 Å². The van der Waals surface area contributed by atoms with E-state index in [0.717, 1.165) is 26.1 Å². The summed E-state index contributed by atoms with van der Waals surface area (Å²) >= 11 is 0. The molecule has 6 nitrogen and oxygen atoms in total. The molecule has 6 heteroatoms. The van der Waals surface area contributed by atoms with E-state index < -0.39 is 0 Å². The van der Waals surface area contributed by atoms with Crippen molar-refractivity contribution in [2.45, 2.75) is 12.8 Å². The lowest BCUT2D eigenvalue weighted by atomic mass is 10.2. The molecule has 2 amide bonds. The second-order valence-corrected chi connectivity index (χ2v) is 5.33. The molecule has 1 aromatic carbocycles. The lowest BCUT2D eigenvalue weighted by Crippen LogP contribution is -2.48. The fourth-order valence-corrected chi connectivity index (χ4v) is 2.28. The van der Waals surface area contributed by atoms with Gasteiger partial charge in [0, 0.05) is 26.6 Å². The lowest BCUT2D eigenvalue weighted by Gasteiger charge is -2.31. The number of rotatable bonds is 5. The highest BCUT2D eigenvalue weighted by molar-refractivity contribution is 5.93. The summed E-state index contributed by atoms with van der Waals surface area (Å²) in [7, 11) is 1.82. The van der Waals surface area contributed by atoms with Crippen molar-refractivity contribution >= 4 is 23.2 Å². The molecule has 21 heavy (non-hydrogen) atoms. The van der Waals surface area contributed by atoms with Gasteiger partial charge in [0.05, 0.1) is 17.9 Å². The molecule has 0 bridgehead atoms. The number of nitrogens with zero attached hydrogens (tertiary/aromatic N) is 2. The Morgan fingerprint density at radius 3 is 2.81 bits per heavy atom. The molecule has 0 radical (unpaired) electrons. The van der Waals surface area contributed by atoms with Gasteiger partial charge in [0.1, 0.15) is 0 Å². The number of para-hydroxylation sites is 2. The molecular formula is C15H22N4O2. The third-order valence-electron chi connectivity index (χ3n) is 3.65. The first-order valence-corrected chi connectivity index (χ1v) is 7.17. The minimum Gasteiger partial charge on any atom is -0.397 e. The SMILES string of the molecule is CN1CCN(CCCC(=O)Nc2ccccc2N)CC1=O. The summed E-state index contributed by atoms with van der Waals surface area (Å²) in [5.74, 6) is 0.0936. The van der Waals surface area contributed by atoms with Crippen molar-refractivity contribution in [1.29, 1.82) is 0 Å². The van der Waals surface area contributed by atoms with Gasteiger partial charge in [-0.2, -0.15) is 0 Å². The molecule has 2 rings (SSSR count). The van der Waals surface area contributed by atoms with Crippen molar-refractivity contribution in [2.75, 3.05) is 44.3 Å². The molecule has 0 unspecified atom stereocenters. The molecule has 0 aliphatic carbocycles. The van der Waals surface area contributed by atoms with Crippen LogP contribution in [0.15, 0.2) is 24.3 Å². The second kappa shape index (κ2) is 7.08. The number of hydrogen-bond donors (Lipinski definition) is 2. The van der Waals surface area contributed by atoms with E-state index in [9.17, 15) is 9.59 Å². The summed E-state index contributed by atoms with van der Waals surface area (Å²) in [5, 5.41) is 2.81. The van der Waals surface area contributed by atoms with Gasteiger partial charge in [-0.1, -0.05) is 12.1 Å². The number of carbonyl (C=O) groups excluding carboxylic acids is 2. The molecule has 1 aromatic rings. The molecule has 0 aromatic heterocycles. The minimum atomic E-state index is -0.0478. The van der Waals surface area contributed by atoms with Gasteiger partial charge >= 0.3 is 0 Å². The van der Waals surface area contributed by atoms with Crippen molar-refractivity contribution in [2.24, 2.45) is 0 Å². The average molecular weight is 290 g/mol. The standard InChI is InChI=1S/C15H22N4O2/c1-18-9-10-19(11-15(18)21)8-4-7-14(20)17-13-6-3-2-5-12(13)16/h2-3,5-6H,4,7-11,16H2,1H3,(H,17,20). The van der Waals surface area contributed by atoms with E-state index in [1.165, 1.54) is 0 Å². The Morgan fingerprint density at radius 2 is 2.10 bits per heavy atom. The lowest BCUT2D eigenvalue weighted by molar-refractivity contribution is -0.134. The van der Waals surface area contributed by atoms with Gasteiger partial charge in [0.25, 0.3) is 0 Å². The highest BCUT2D eigenvalue weighted by Gasteiger charge is 2.20. The molecule has 0 atom stereocenters. The normalized spacial score (nSPS) is 16.0. The first kappa shape index (κ1) is 15.3. The van der Waals surface area contributed by atoms with Crippen LogP contribution in [0.2, 0.25) is 0 Å². The quantitative estimate of drug-likeness (QED) is 0.785. The van der Waals surface area contributed by atoms with Crippen LogP contribution >= 0.6 is 0 Å². The number of hydrogen-bond acceptors (Lipinski definition) is 4. The Bertz CT molecular complexity index is 518. The van der Waals surface area contributed by atoms with Crippen molar-refractivity contribution in [3.05, 3.63) is 24.3 Å². The Morgan fingerprint density at radius 1 is 1.33 bits per heavy atom. The summed E-state index contributed by atoms with van der Waals surface area (Å²) in [6, 6.07) is 7.20. The van der Waals surface area contributed by atoms with Crippen molar-refractivity contribution in [3.63, 3.8) is 0 Å². The minimum absolute atomic E-state index is 0.0478. The predicted octanol–water partition coefficient (Wildman–Crippen LogP) is 0.761. The van der Waals surface area contributed by atoms with E-state index in [1.807, 2.05) is 19.2 Å². The number of carbonyl (C=O) groups is 2. The maximum atomic E-state index is 11.9. The first-order chi connectivity index (χ1) is 10.1. The molecule has 1 fully saturated rings. The van der Waals surface area contributed by atoms with Gasteiger partial charge in [-0.15, -0.1) is 0 Å². The summed E-state index contributed by atoms with van der Waals surface area (Å²) in [5.41, 5.74) is 6.99. The molecular weight excluding hydrogens is 268 g/mol. The van der Waals surface area contributed by atoms with Gasteiger partial charge in [-0.3, -0.25) is 14.5 Å². The van der Waals surface area contributed by atoms with Crippen LogP contribution in [0.4, 0.5) is 11.4 Å². The van der Waals surface area contributed by atoms with Crippen LogP contribution in [0.25, 0.3) is 0 Å². The number of nitrogens with two attached hydrogens (primary N) is 1. The Kier molecular flexibility index (Phi) is 5.16. The van der Waals surface area contributed by atoms with E-state index in [1.54, 1.807) is 17.0 Å². The van der Waals surface area contributed by atoms with Crippen LogP contribution < -0.4 is 11.1 Å². The maximum absolute atomic E-state index is 11.9. The highest BCUT2D eigenvalue weighted by atomic mass is 16.2. The van der Waals surface area contributed by atoms with Crippen LogP contribution in [-0.2, 0) is 9.59 Å². The molecule has 3 N–H and O–H groups in total. The molecule has 1 saturated heterocycles. The third-order valence-corrected chi connectivity index (χ3v) is 3.65. The largest absolute Gasteiger partial charge is 0.397 e. The number of nitrogens with one attached hydrogen (secondary N) is 1. The highest BCUT2D eigenvalue weighted by Crippen LogP contribution is 2.17. The topological polar surface area (TPSA) is 78.7 Å². The first-order valence-electron chi connectivity index (χ1n) is 7.17. The Hall–Kier alpha value is -2.08. The fraction of sp³-hybridized carbons (Fsp3) is 0.467. The van der Waals surface area contributed by atoms with Gasteiger partial charge in [-0.25, -0.2) is 0 Å². The van der Waals surface area contributed by atoms with E-state index >= 15 is 0 Å². The zero-order valence-corrected chi connectivity index (χ0v) is 12.3. The molecule has 114 valence electrons. The zero-order chi connectivity index (χ0) is 15.2. The average Bonchev–Trinajstić information content (AvgIpc) is 2.45.